The smallest absolute Gasteiger partial charge is 0.227 e. The summed E-state index contributed by atoms with van der Waals surface area (Å²) in [5.74, 6) is 0.117. The average molecular weight is 475 g/mol. The number of aromatic nitrogens is 3. The number of hydrogen-bond donors (Lipinski definition) is 1. The molecule has 152 valence electrons. The molecule has 0 radical (unpaired) electrons. The van der Waals surface area contributed by atoms with E-state index in [2.05, 4.69) is 26.2 Å². The van der Waals surface area contributed by atoms with Gasteiger partial charge in [0.1, 0.15) is 11.3 Å². The summed E-state index contributed by atoms with van der Waals surface area (Å²) in [7, 11) is 0. The lowest BCUT2D eigenvalue weighted by Crippen LogP contribution is -2.34. The van der Waals surface area contributed by atoms with Gasteiger partial charge in [0.2, 0.25) is 5.91 Å². The van der Waals surface area contributed by atoms with Crippen molar-refractivity contribution in [2.75, 3.05) is 13.1 Å². The Balaban J connectivity index is 1.47. The molecule has 6 nitrogen and oxygen atoms in total. The summed E-state index contributed by atoms with van der Waals surface area (Å²) in [4.78, 5) is 15.6. The quantitative estimate of drug-likeness (QED) is 0.623. The van der Waals surface area contributed by atoms with Gasteiger partial charge in [-0.1, -0.05) is 27.2 Å². The van der Waals surface area contributed by atoms with Gasteiger partial charge < -0.3 is 10.0 Å². The molecule has 1 aliphatic rings. The largest absolute Gasteiger partial charge is 0.383 e. The van der Waals surface area contributed by atoms with Crippen LogP contribution in [0.15, 0.2) is 46.4 Å². The zero-order valence-electron chi connectivity index (χ0n) is 16.2. The number of carbonyl (C=O) groups excluding carboxylic acids is 1. The van der Waals surface area contributed by atoms with Gasteiger partial charge in [-0.2, -0.15) is 0 Å². The minimum absolute atomic E-state index is 0.117. The van der Waals surface area contributed by atoms with E-state index in [9.17, 15) is 9.90 Å². The van der Waals surface area contributed by atoms with Gasteiger partial charge in [-0.15, -0.1) is 16.4 Å². The summed E-state index contributed by atoms with van der Waals surface area (Å²) in [6, 6.07) is 9.90. The summed E-state index contributed by atoms with van der Waals surface area (Å²) in [6.45, 7) is 3.19. The predicted molar refractivity (Wildman–Crippen MR) is 116 cm³/mol. The molecule has 1 saturated heterocycles. The van der Waals surface area contributed by atoms with E-state index in [1.807, 2.05) is 47.5 Å². The summed E-state index contributed by atoms with van der Waals surface area (Å²) in [5, 5.41) is 21.8. The molecule has 0 bridgehead atoms. The number of carbonyl (C=O) groups is 1. The second-order valence-electron chi connectivity index (χ2n) is 7.50. The predicted octanol–water partition coefficient (Wildman–Crippen LogP) is 3.84. The normalized spacial score (nSPS) is 19.9. The van der Waals surface area contributed by atoms with E-state index in [1.165, 1.54) is 0 Å². The van der Waals surface area contributed by atoms with Crippen molar-refractivity contribution in [3.63, 3.8) is 0 Å². The van der Waals surface area contributed by atoms with Crippen LogP contribution in [0.4, 0.5) is 0 Å². The first-order valence-corrected chi connectivity index (χ1v) is 11.3. The summed E-state index contributed by atoms with van der Waals surface area (Å²) in [6.07, 6.45) is 3.99. The highest BCUT2D eigenvalue weighted by molar-refractivity contribution is 9.10. The third-order valence-electron chi connectivity index (χ3n) is 5.45. The fourth-order valence-electron chi connectivity index (χ4n) is 3.77. The number of halogens is 1. The van der Waals surface area contributed by atoms with Crippen molar-refractivity contribution in [1.82, 2.24) is 19.9 Å². The molecule has 1 amide bonds. The molecule has 0 saturated carbocycles. The van der Waals surface area contributed by atoms with Gasteiger partial charge in [0.05, 0.1) is 18.3 Å². The SMILES string of the molecule is Cc1cc(Br)ccc1-n1cc(C2(O)CCCN(C(=O)Cc3cccs3)CC2)nn1. The van der Waals surface area contributed by atoms with Crippen molar-refractivity contribution in [2.24, 2.45) is 0 Å². The number of aryl methyl sites for hydroxylation is 1. The molecule has 0 aliphatic carbocycles. The van der Waals surface area contributed by atoms with Gasteiger partial charge in [-0.3, -0.25) is 4.79 Å². The van der Waals surface area contributed by atoms with Crippen LogP contribution in [0.5, 0.6) is 0 Å². The number of nitrogens with zero attached hydrogens (tertiary/aromatic N) is 4. The van der Waals surface area contributed by atoms with Gasteiger partial charge in [0, 0.05) is 22.4 Å². The van der Waals surface area contributed by atoms with Crippen LogP contribution in [-0.2, 0) is 16.8 Å². The monoisotopic (exact) mass is 474 g/mol. The number of thiophene rings is 1. The zero-order chi connectivity index (χ0) is 20.4. The minimum atomic E-state index is -1.07. The average Bonchev–Trinajstić information content (AvgIpc) is 3.33. The maximum atomic E-state index is 12.6. The number of benzene rings is 1. The molecule has 3 heterocycles. The second-order valence-corrected chi connectivity index (χ2v) is 9.45. The van der Waals surface area contributed by atoms with Crippen LogP contribution in [0.1, 0.15) is 35.4 Å². The first kappa shape index (κ1) is 20.3. The van der Waals surface area contributed by atoms with Crippen molar-refractivity contribution in [3.8, 4) is 5.69 Å². The molecule has 3 aromatic rings. The zero-order valence-corrected chi connectivity index (χ0v) is 18.6. The topological polar surface area (TPSA) is 71.2 Å². The third-order valence-corrected chi connectivity index (χ3v) is 6.82. The van der Waals surface area contributed by atoms with Gasteiger partial charge in [0.25, 0.3) is 0 Å². The Labute approximate surface area is 182 Å². The lowest BCUT2D eigenvalue weighted by Gasteiger charge is -2.24. The van der Waals surface area contributed by atoms with Gasteiger partial charge >= 0.3 is 0 Å². The van der Waals surface area contributed by atoms with E-state index in [4.69, 9.17) is 0 Å². The molecule has 2 aromatic heterocycles. The van der Waals surface area contributed by atoms with Crippen molar-refractivity contribution in [3.05, 3.63) is 62.5 Å². The maximum Gasteiger partial charge on any atom is 0.227 e. The number of likely N-dealkylation sites (tertiary alicyclic amines) is 1. The number of amides is 1. The molecule has 1 aromatic carbocycles. The van der Waals surface area contributed by atoms with Crippen LogP contribution in [0.25, 0.3) is 5.69 Å². The Hall–Kier alpha value is -2.03. The van der Waals surface area contributed by atoms with Gasteiger partial charge in [-0.25, -0.2) is 4.68 Å². The summed E-state index contributed by atoms with van der Waals surface area (Å²) >= 11 is 5.07. The molecule has 4 rings (SSSR count). The standard InChI is InChI=1S/C21H23BrN4O2S/c1-15-12-16(22)5-6-18(15)26-14-19(23-24-26)21(28)7-3-9-25(10-8-21)20(27)13-17-4-2-11-29-17/h2,4-6,11-12,14,28H,3,7-10,13H2,1H3. The molecule has 29 heavy (non-hydrogen) atoms. The fraction of sp³-hybridized carbons (Fsp3) is 0.381. The molecule has 1 atom stereocenters. The van der Waals surface area contributed by atoms with E-state index in [0.717, 1.165) is 27.0 Å². The number of aliphatic hydroxyl groups is 1. The van der Waals surface area contributed by atoms with E-state index in [1.54, 1.807) is 22.2 Å². The molecule has 1 aliphatic heterocycles. The first-order chi connectivity index (χ1) is 13.9. The minimum Gasteiger partial charge on any atom is -0.383 e. The number of hydrogen-bond acceptors (Lipinski definition) is 5. The highest BCUT2D eigenvalue weighted by atomic mass is 79.9. The van der Waals surface area contributed by atoms with Crippen LogP contribution < -0.4 is 0 Å². The lowest BCUT2D eigenvalue weighted by molar-refractivity contribution is -0.130. The van der Waals surface area contributed by atoms with E-state index in [0.29, 0.717) is 38.0 Å². The van der Waals surface area contributed by atoms with Gasteiger partial charge in [-0.05, 0) is 61.4 Å². The van der Waals surface area contributed by atoms with Crippen LogP contribution >= 0.6 is 27.3 Å². The summed E-state index contributed by atoms with van der Waals surface area (Å²) in [5.41, 5.74) is 1.48. The van der Waals surface area contributed by atoms with Crippen LogP contribution in [0.3, 0.4) is 0 Å². The van der Waals surface area contributed by atoms with Gasteiger partial charge in [0.15, 0.2) is 0 Å². The van der Waals surface area contributed by atoms with E-state index in [-0.39, 0.29) is 5.91 Å². The molecule has 1 unspecified atom stereocenters. The first-order valence-electron chi connectivity index (χ1n) is 9.66. The highest BCUT2D eigenvalue weighted by Gasteiger charge is 2.35. The number of rotatable bonds is 4. The lowest BCUT2D eigenvalue weighted by atomic mass is 9.92. The second kappa shape index (κ2) is 8.38. The Kier molecular flexibility index (Phi) is 5.85. The van der Waals surface area contributed by atoms with Crippen LogP contribution in [0.2, 0.25) is 0 Å². The van der Waals surface area contributed by atoms with Crippen molar-refractivity contribution >= 4 is 33.2 Å². The Bertz CT molecular complexity index is 1000. The molecule has 0 spiro atoms. The maximum absolute atomic E-state index is 12.6. The highest BCUT2D eigenvalue weighted by Crippen LogP contribution is 2.32. The Morgan fingerprint density at radius 2 is 2.17 bits per heavy atom. The van der Waals surface area contributed by atoms with Crippen LogP contribution in [-0.4, -0.2) is 44.0 Å². The molecular weight excluding hydrogens is 452 g/mol. The Morgan fingerprint density at radius 3 is 2.93 bits per heavy atom. The van der Waals surface area contributed by atoms with E-state index >= 15 is 0 Å². The molecular formula is C21H23BrN4O2S. The fourth-order valence-corrected chi connectivity index (χ4v) is 4.94. The van der Waals surface area contributed by atoms with E-state index < -0.39 is 5.60 Å². The van der Waals surface area contributed by atoms with Crippen molar-refractivity contribution in [1.29, 1.82) is 0 Å². The summed E-state index contributed by atoms with van der Waals surface area (Å²) < 4.78 is 2.72. The Morgan fingerprint density at radius 1 is 1.31 bits per heavy atom. The van der Waals surface area contributed by atoms with Crippen molar-refractivity contribution in [2.45, 2.75) is 38.2 Å². The molecule has 8 heteroatoms. The molecule has 1 fully saturated rings. The molecule has 1 N–H and O–H groups in total. The van der Waals surface area contributed by atoms with Crippen molar-refractivity contribution < 1.29 is 9.90 Å². The van der Waals surface area contributed by atoms with Crippen LogP contribution in [0, 0.1) is 6.92 Å². The third kappa shape index (κ3) is 4.44.